The van der Waals surface area contributed by atoms with Gasteiger partial charge in [0.25, 0.3) is 0 Å². The highest BCUT2D eigenvalue weighted by atomic mass is 16.5. The fourth-order valence-corrected chi connectivity index (χ4v) is 2.55. The summed E-state index contributed by atoms with van der Waals surface area (Å²) < 4.78 is 16.3. The molecule has 114 valence electrons. The largest absolute Gasteiger partial charge is 0.381 e. The van der Waals surface area contributed by atoms with Gasteiger partial charge in [-0.05, 0) is 39.5 Å². The van der Waals surface area contributed by atoms with Crippen molar-refractivity contribution in [1.29, 1.82) is 0 Å². The van der Waals surface area contributed by atoms with Gasteiger partial charge in [0.2, 0.25) is 5.89 Å². The molecule has 1 aliphatic heterocycles. The lowest BCUT2D eigenvalue weighted by Gasteiger charge is -2.30. The first-order valence-corrected chi connectivity index (χ1v) is 7.42. The molecule has 1 aromatic rings. The van der Waals surface area contributed by atoms with Crippen LogP contribution in [0, 0.1) is 12.8 Å². The van der Waals surface area contributed by atoms with Gasteiger partial charge in [0.05, 0.1) is 12.6 Å². The quantitative estimate of drug-likeness (QED) is 0.823. The summed E-state index contributed by atoms with van der Waals surface area (Å²) in [6.45, 7) is 8.98. The maximum atomic E-state index is 5.47. The van der Waals surface area contributed by atoms with E-state index < -0.39 is 0 Å². The molecule has 6 heteroatoms. The summed E-state index contributed by atoms with van der Waals surface area (Å²) in [6, 6.07) is 0.325. The second-order valence-electron chi connectivity index (χ2n) is 5.33. The van der Waals surface area contributed by atoms with Gasteiger partial charge >= 0.3 is 0 Å². The maximum absolute atomic E-state index is 5.47. The van der Waals surface area contributed by atoms with E-state index in [9.17, 15) is 0 Å². The van der Waals surface area contributed by atoms with Crippen molar-refractivity contribution >= 4 is 0 Å². The van der Waals surface area contributed by atoms with Crippen molar-refractivity contribution in [2.75, 3.05) is 26.4 Å². The fraction of sp³-hybridized carbons (Fsp3) is 0.857. The Morgan fingerprint density at radius 3 is 2.75 bits per heavy atom. The number of hydrogen-bond donors (Lipinski definition) is 1. The summed E-state index contributed by atoms with van der Waals surface area (Å²) in [5.41, 5.74) is 0. The average Bonchev–Trinajstić information content (AvgIpc) is 2.90. The fourth-order valence-electron chi connectivity index (χ4n) is 2.55. The van der Waals surface area contributed by atoms with Crippen LogP contribution in [-0.4, -0.2) is 42.6 Å². The number of aryl methyl sites for hydroxylation is 1. The molecule has 1 aliphatic rings. The first-order valence-electron chi connectivity index (χ1n) is 7.42. The van der Waals surface area contributed by atoms with Crippen LogP contribution in [0.5, 0.6) is 0 Å². The summed E-state index contributed by atoms with van der Waals surface area (Å²) in [5, 5.41) is 7.49. The average molecular weight is 283 g/mol. The van der Waals surface area contributed by atoms with Crippen LogP contribution in [0.3, 0.4) is 0 Å². The third kappa shape index (κ3) is 4.26. The van der Waals surface area contributed by atoms with Gasteiger partial charge in [-0.25, -0.2) is 0 Å². The summed E-state index contributed by atoms with van der Waals surface area (Å²) >= 11 is 0. The molecule has 0 radical (unpaired) electrons. The van der Waals surface area contributed by atoms with Gasteiger partial charge in [-0.15, -0.1) is 0 Å². The topological polar surface area (TPSA) is 69.4 Å². The molecule has 1 N–H and O–H groups in total. The Morgan fingerprint density at radius 2 is 2.15 bits per heavy atom. The van der Waals surface area contributed by atoms with Gasteiger partial charge in [-0.3, -0.25) is 0 Å². The predicted molar refractivity (Wildman–Crippen MR) is 74.4 cm³/mol. The monoisotopic (exact) mass is 283 g/mol. The summed E-state index contributed by atoms with van der Waals surface area (Å²) in [4.78, 5) is 4.40. The highest BCUT2D eigenvalue weighted by molar-refractivity contribution is 4.96. The van der Waals surface area contributed by atoms with Crippen molar-refractivity contribution in [3.05, 3.63) is 11.7 Å². The van der Waals surface area contributed by atoms with E-state index in [1.807, 2.05) is 13.8 Å². The number of nitrogens with zero attached hydrogens (tertiary/aromatic N) is 2. The molecule has 0 aromatic carbocycles. The van der Waals surface area contributed by atoms with Crippen LogP contribution in [0.1, 0.15) is 44.4 Å². The number of ether oxygens (including phenoxy) is 2. The Morgan fingerprint density at radius 1 is 1.40 bits per heavy atom. The van der Waals surface area contributed by atoms with Crippen LogP contribution in [0.4, 0.5) is 0 Å². The van der Waals surface area contributed by atoms with E-state index in [-0.39, 0.29) is 12.1 Å². The predicted octanol–water partition coefficient (Wildman–Crippen LogP) is 1.86. The van der Waals surface area contributed by atoms with E-state index in [2.05, 4.69) is 22.4 Å². The smallest absolute Gasteiger partial charge is 0.244 e. The zero-order chi connectivity index (χ0) is 14.4. The minimum Gasteiger partial charge on any atom is -0.381 e. The highest BCUT2D eigenvalue weighted by Crippen LogP contribution is 2.29. The van der Waals surface area contributed by atoms with Crippen molar-refractivity contribution in [2.45, 2.75) is 45.7 Å². The molecule has 1 aromatic heterocycles. The van der Waals surface area contributed by atoms with Gasteiger partial charge in [0, 0.05) is 25.9 Å². The van der Waals surface area contributed by atoms with E-state index in [1.165, 1.54) is 0 Å². The molecule has 2 atom stereocenters. The zero-order valence-electron chi connectivity index (χ0n) is 12.6. The van der Waals surface area contributed by atoms with Gasteiger partial charge in [0.1, 0.15) is 0 Å². The Hall–Kier alpha value is -0.980. The highest BCUT2D eigenvalue weighted by Gasteiger charge is 2.30. The van der Waals surface area contributed by atoms with E-state index in [0.29, 0.717) is 24.2 Å². The van der Waals surface area contributed by atoms with E-state index in [4.69, 9.17) is 14.0 Å². The first-order chi connectivity index (χ1) is 9.70. The SMILES string of the molecule is CCOC[C@@H](C)N[C@H](c1nc(C)no1)C1CCOCC1. The van der Waals surface area contributed by atoms with Gasteiger partial charge in [0.15, 0.2) is 5.82 Å². The summed E-state index contributed by atoms with van der Waals surface area (Å²) in [7, 11) is 0. The molecule has 2 rings (SSSR count). The lowest BCUT2D eigenvalue weighted by atomic mass is 9.91. The minimum atomic E-state index is 0.0792. The van der Waals surface area contributed by atoms with Crippen LogP contribution in [-0.2, 0) is 9.47 Å². The van der Waals surface area contributed by atoms with Crippen LogP contribution in [0.15, 0.2) is 4.52 Å². The lowest BCUT2D eigenvalue weighted by molar-refractivity contribution is 0.0428. The van der Waals surface area contributed by atoms with E-state index in [0.717, 1.165) is 32.7 Å². The Bertz CT molecular complexity index is 391. The van der Waals surface area contributed by atoms with Crippen molar-refractivity contribution < 1.29 is 14.0 Å². The van der Waals surface area contributed by atoms with Crippen LogP contribution in [0.25, 0.3) is 0 Å². The molecule has 0 amide bonds. The second-order valence-corrected chi connectivity index (χ2v) is 5.33. The molecule has 0 bridgehead atoms. The molecule has 2 heterocycles. The number of hydrogen-bond acceptors (Lipinski definition) is 6. The van der Waals surface area contributed by atoms with Gasteiger partial charge in [-0.1, -0.05) is 5.16 Å². The Labute approximate surface area is 120 Å². The number of aromatic nitrogens is 2. The molecular formula is C14H25N3O3. The van der Waals surface area contributed by atoms with Gasteiger partial charge in [-0.2, -0.15) is 4.98 Å². The molecule has 0 spiro atoms. The van der Waals surface area contributed by atoms with Crippen molar-refractivity contribution in [2.24, 2.45) is 5.92 Å². The number of nitrogens with one attached hydrogen (secondary N) is 1. The third-order valence-corrected chi connectivity index (χ3v) is 3.58. The number of rotatable bonds is 7. The molecule has 1 saturated heterocycles. The minimum absolute atomic E-state index is 0.0792. The molecule has 20 heavy (non-hydrogen) atoms. The first kappa shape index (κ1) is 15.4. The van der Waals surface area contributed by atoms with Crippen LogP contribution >= 0.6 is 0 Å². The standard InChI is InChI=1S/C14H25N3O3/c1-4-18-9-10(2)15-13(12-5-7-19-8-6-12)14-16-11(3)17-20-14/h10,12-13,15H,4-9H2,1-3H3/t10-,13+/m1/s1. The van der Waals surface area contributed by atoms with Crippen molar-refractivity contribution in [1.82, 2.24) is 15.5 Å². The Kier molecular flexibility index (Phi) is 5.94. The molecular weight excluding hydrogens is 258 g/mol. The molecule has 6 nitrogen and oxygen atoms in total. The van der Waals surface area contributed by atoms with Crippen molar-refractivity contribution in [3.8, 4) is 0 Å². The lowest BCUT2D eigenvalue weighted by Crippen LogP contribution is -2.39. The van der Waals surface area contributed by atoms with Crippen molar-refractivity contribution in [3.63, 3.8) is 0 Å². The van der Waals surface area contributed by atoms with Crippen LogP contribution in [0.2, 0.25) is 0 Å². The molecule has 0 aliphatic carbocycles. The molecule has 1 fully saturated rings. The normalized spacial score (nSPS) is 19.9. The summed E-state index contributed by atoms with van der Waals surface area (Å²) in [5.74, 6) is 1.82. The van der Waals surface area contributed by atoms with E-state index >= 15 is 0 Å². The molecule has 0 unspecified atom stereocenters. The maximum Gasteiger partial charge on any atom is 0.244 e. The Balaban J connectivity index is 2.03. The summed E-state index contributed by atoms with van der Waals surface area (Å²) in [6.07, 6.45) is 2.03. The second kappa shape index (κ2) is 7.71. The van der Waals surface area contributed by atoms with Crippen LogP contribution < -0.4 is 5.32 Å². The van der Waals surface area contributed by atoms with E-state index in [1.54, 1.807) is 0 Å². The zero-order valence-corrected chi connectivity index (χ0v) is 12.6. The molecule has 0 saturated carbocycles. The van der Waals surface area contributed by atoms with Gasteiger partial charge < -0.3 is 19.3 Å². The third-order valence-electron chi connectivity index (χ3n) is 3.58.